The van der Waals surface area contributed by atoms with Gasteiger partial charge in [-0.25, -0.2) is 0 Å². The van der Waals surface area contributed by atoms with Gasteiger partial charge >= 0.3 is 10.1 Å². The maximum atomic E-state index is 11.4. The predicted octanol–water partition coefficient (Wildman–Crippen LogP) is 4.04. The molecule has 28 heavy (non-hydrogen) atoms. The maximum Gasteiger partial charge on any atom is 0.306 e. The minimum absolute atomic E-state index is 0.000895. The number of rotatable bonds is 4. The lowest BCUT2D eigenvalue weighted by Crippen LogP contribution is -2.25. The van der Waals surface area contributed by atoms with E-state index in [1.165, 1.54) is 0 Å². The van der Waals surface area contributed by atoms with Crippen molar-refractivity contribution in [2.45, 2.75) is 11.8 Å². The van der Waals surface area contributed by atoms with Crippen LogP contribution in [0.2, 0.25) is 0 Å². The Morgan fingerprint density at radius 1 is 0.964 bits per heavy atom. The molecule has 0 aromatic heterocycles. The first-order valence-corrected chi connectivity index (χ1v) is 10.7. The van der Waals surface area contributed by atoms with Crippen LogP contribution in [0, 0.1) is 0 Å². The van der Waals surface area contributed by atoms with E-state index in [4.69, 9.17) is 8.92 Å². The van der Waals surface area contributed by atoms with Crippen molar-refractivity contribution >= 4 is 10.1 Å². The Labute approximate surface area is 164 Å². The average Bonchev–Trinajstić information content (AvgIpc) is 2.67. The van der Waals surface area contributed by atoms with Crippen molar-refractivity contribution in [3.63, 3.8) is 0 Å². The molecule has 3 aromatic rings. The van der Waals surface area contributed by atoms with Crippen LogP contribution in [-0.4, -0.2) is 26.4 Å². The Morgan fingerprint density at radius 2 is 1.68 bits per heavy atom. The number of hydrogen-bond acceptors (Lipinski definition) is 5. The van der Waals surface area contributed by atoms with E-state index in [1.807, 2.05) is 36.4 Å². The third-order valence-corrected chi connectivity index (χ3v) is 5.36. The molecule has 0 saturated heterocycles. The molecule has 4 rings (SSSR count). The highest BCUT2D eigenvalue weighted by molar-refractivity contribution is 7.86. The first-order valence-electron chi connectivity index (χ1n) is 8.91. The molecule has 6 heteroatoms. The molecule has 0 amide bonds. The topological polar surface area (TPSA) is 72.8 Å². The first-order chi connectivity index (χ1) is 13.4. The molecule has 144 valence electrons. The molecule has 0 aliphatic carbocycles. The van der Waals surface area contributed by atoms with E-state index in [2.05, 4.69) is 12.1 Å². The zero-order valence-electron chi connectivity index (χ0n) is 15.3. The number of aromatic hydroxyl groups is 1. The zero-order valence-corrected chi connectivity index (χ0v) is 16.1. The molecule has 0 spiro atoms. The van der Waals surface area contributed by atoms with Crippen LogP contribution >= 0.6 is 0 Å². The van der Waals surface area contributed by atoms with Crippen molar-refractivity contribution in [1.29, 1.82) is 0 Å². The molecule has 1 heterocycles. The van der Waals surface area contributed by atoms with Crippen molar-refractivity contribution in [2.24, 2.45) is 0 Å². The Hall–Kier alpha value is -2.99. The fourth-order valence-electron chi connectivity index (χ4n) is 3.70. The maximum absolute atomic E-state index is 11.4. The van der Waals surface area contributed by atoms with E-state index in [9.17, 15) is 13.5 Å². The predicted molar refractivity (Wildman–Crippen MR) is 107 cm³/mol. The summed E-state index contributed by atoms with van der Waals surface area (Å²) in [6, 6.07) is 22.4. The third kappa shape index (κ3) is 3.82. The van der Waals surface area contributed by atoms with Crippen LogP contribution in [-0.2, 0) is 10.1 Å². The second kappa shape index (κ2) is 7.20. The van der Waals surface area contributed by atoms with E-state index in [0.717, 1.165) is 22.9 Å². The summed E-state index contributed by atoms with van der Waals surface area (Å²) in [6.45, 7) is 0.479. The molecule has 0 fully saturated rings. The summed E-state index contributed by atoms with van der Waals surface area (Å²) in [6.07, 6.45) is 1.02. The summed E-state index contributed by atoms with van der Waals surface area (Å²) in [7, 11) is -3.57. The Balaban J connectivity index is 1.77. The molecular formula is C22H20O5S. The highest BCUT2D eigenvalue weighted by Crippen LogP contribution is 2.47. The Morgan fingerprint density at radius 3 is 2.36 bits per heavy atom. The third-order valence-electron chi connectivity index (χ3n) is 4.87. The number of fused-ring (bicyclic) bond motifs is 1. The summed E-state index contributed by atoms with van der Waals surface area (Å²) in [4.78, 5) is 0. The van der Waals surface area contributed by atoms with Gasteiger partial charge in [-0.2, -0.15) is 8.42 Å². The van der Waals surface area contributed by atoms with Gasteiger partial charge in [0, 0.05) is 23.5 Å². The van der Waals surface area contributed by atoms with Crippen molar-refractivity contribution in [1.82, 2.24) is 0 Å². The number of hydrogen-bond donors (Lipinski definition) is 1. The van der Waals surface area contributed by atoms with Gasteiger partial charge in [0.05, 0.1) is 12.9 Å². The number of phenolic OH excluding ortho intramolecular Hbond substituents is 1. The Kier molecular flexibility index (Phi) is 4.73. The number of ether oxygens (including phenoxy) is 1. The quantitative estimate of drug-likeness (QED) is 0.674. The van der Waals surface area contributed by atoms with Crippen LogP contribution in [0.3, 0.4) is 0 Å². The summed E-state index contributed by atoms with van der Waals surface area (Å²) >= 11 is 0. The van der Waals surface area contributed by atoms with Gasteiger partial charge in [0.25, 0.3) is 0 Å². The van der Waals surface area contributed by atoms with Gasteiger partial charge in [0.1, 0.15) is 17.2 Å². The minimum atomic E-state index is -3.57. The van der Waals surface area contributed by atoms with E-state index >= 15 is 0 Å². The van der Waals surface area contributed by atoms with E-state index in [-0.39, 0.29) is 23.3 Å². The average molecular weight is 396 g/mol. The zero-order chi connectivity index (χ0) is 19.7. The molecule has 2 atom stereocenters. The number of benzene rings is 3. The summed E-state index contributed by atoms with van der Waals surface area (Å²) in [5, 5.41) is 9.82. The van der Waals surface area contributed by atoms with E-state index in [0.29, 0.717) is 12.4 Å². The fraction of sp³-hybridized carbons (Fsp3) is 0.182. The molecule has 1 aliphatic rings. The molecule has 0 saturated carbocycles. The normalized spacial score (nSPS) is 18.8. The first kappa shape index (κ1) is 18.4. The minimum Gasteiger partial charge on any atom is -0.508 e. The monoisotopic (exact) mass is 396 g/mol. The largest absolute Gasteiger partial charge is 0.508 e. The second-order valence-corrected chi connectivity index (χ2v) is 8.46. The van der Waals surface area contributed by atoms with Gasteiger partial charge in [-0.3, -0.25) is 0 Å². The number of phenols is 1. The van der Waals surface area contributed by atoms with Crippen LogP contribution in [0.4, 0.5) is 0 Å². The summed E-state index contributed by atoms with van der Waals surface area (Å²) in [5.74, 6) is 1.18. The second-order valence-electron chi connectivity index (χ2n) is 6.88. The van der Waals surface area contributed by atoms with Crippen molar-refractivity contribution in [3.8, 4) is 17.2 Å². The van der Waals surface area contributed by atoms with Crippen molar-refractivity contribution < 1.29 is 22.4 Å². The molecule has 5 nitrogen and oxygen atoms in total. The van der Waals surface area contributed by atoms with Crippen molar-refractivity contribution in [3.05, 3.63) is 89.5 Å². The summed E-state index contributed by atoms with van der Waals surface area (Å²) in [5.41, 5.74) is 3.15. The van der Waals surface area contributed by atoms with Gasteiger partial charge in [-0.1, -0.05) is 48.5 Å². The molecule has 0 radical (unpaired) electrons. The smallest absolute Gasteiger partial charge is 0.306 e. The van der Waals surface area contributed by atoms with Gasteiger partial charge < -0.3 is 14.0 Å². The Bertz CT molecular complexity index is 1080. The highest BCUT2D eigenvalue weighted by Gasteiger charge is 2.33. The van der Waals surface area contributed by atoms with Gasteiger partial charge in [0.2, 0.25) is 0 Å². The standard InChI is InChI=1S/C22H20O5S/c1-28(24,25)27-18-10-7-16(8-11-18)22-19-12-9-17(23)13-21(19)26-14-20(22)15-5-3-2-4-6-15/h2-13,20,22-23H,14H2,1H3. The lowest BCUT2D eigenvalue weighted by Gasteiger charge is -2.34. The fourth-order valence-corrected chi connectivity index (χ4v) is 4.16. The highest BCUT2D eigenvalue weighted by atomic mass is 32.2. The molecule has 0 bridgehead atoms. The molecule has 2 unspecified atom stereocenters. The molecule has 3 aromatic carbocycles. The van der Waals surface area contributed by atoms with Crippen LogP contribution in [0.1, 0.15) is 28.5 Å². The molecule has 1 aliphatic heterocycles. The lowest BCUT2D eigenvalue weighted by molar-refractivity contribution is 0.248. The van der Waals surface area contributed by atoms with Crippen LogP contribution in [0.15, 0.2) is 72.8 Å². The van der Waals surface area contributed by atoms with Crippen LogP contribution < -0.4 is 8.92 Å². The molecule has 1 N–H and O–H groups in total. The lowest BCUT2D eigenvalue weighted by atomic mass is 9.76. The van der Waals surface area contributed by atoms with E-state index < -0.39 is 10.1 Å². The van der Waals surface area contributed by atoms with Gasteiger partial charge in [-0.15, -0.1) is 0 Å². The van der Waals surface area contributed by atoms with E-state index in [1.54, 1.807) is 24.3 Å². The van der Waals surface area contributed by atoms with Crippen molar-refractivity contribution in [2.75, 3.05) is 12.9 Å². The van der Waals surface area contributed by atoms with Gasteiger partial charge in [-0.05, 0) is 29.3 Å². The van der Waals surface area contributed by atoms with Crippen LogP contribution in [0.5, 0.6) is 17.2 Å². The SMILES string of the molecule is CS(=O)(=O)Oc1ccc(C2c3ccc(O)cc3OCC2c2ccccc2)cc1. The molecular weight excluding hydrogens is 376 g/mol. The van der Waals surface area contributed by atoms with Crippen LogP contribution in [0.25, 0.3) is 0 Å². The van der Waals surface area contributed by atoms with Gasteiger partial charge in [0.15, 0.2) is 0 Å². The summed E-state index contributed by atoms with van der Waals surface area (Å²) < 4.78 is 33.6.